The van der Waals surface area contributed by atoms with Crippen molar-refractivity contribution in [1.82, 2.24) is 4.72 Å². The summed E-state index contributed by atoms with van der Waals surface area (Å²) >= 11 is 0. The van der Waals surface area contributed by atoms with Crippen molar-refractivity contribution < 1.29 is 8.42 Å². The van der Waals surface area contributed by atoms with Crippen molar-refractivity contribution in [2.24, 2.45) is 11.1 Å². The van der Waals surface area contributed by atoms with E-state index in [4.69, 9.17) is 5.73 Å². The summed E-state index contributed by atoms with van der Waals surface area (Å²) in [5, 5.41) is 0. The Balaban J connectivity index is 2.04. The summed E-state index contributed by atoms with van der Waals surface area (Å²) in [7, 11) is -3.39. The lowest BCUT2D eigenvalue weighted by atomic mass is 9.69. The molecule has 0 atom stereocenters. The van der Waals surface area contributed by atoms with Crippen molar-refractivity contribution in [3.05, 3.63) is 30.3 Å². The highest BCUT2D eigenvalue weighted by atomic mass is 32.2. The van der Waals surface area contributed by atoms with Gasteiger partial charge in [0.15, 0.2) is 0 Å². The first-order valence-corrected chi connectivity index (χ1v) is 7.31. The third-order valence-corrected chi connectivity index (χ3v) is 4.96. The average molecular weight is 254 g/mol. The predicted molar refractivity (Wildman–Crippen MR) is 67.0 cm³/mol. The van der Waals surface area contributed by atoms with Crippen molar-refractivity contribution in [1.29, 1.82) is 0 Å². The number of nitrogens with one attached hydrogen (secondary N) is 1. The molecule has 5 heteroatoms. The molecule has 1 saturated carbocycles. The Morgan fingerprint density at radius 1 is 1.24 bits per heavy atom. The van der Waals surface area contributed by atoms with Gasteiger partial charge in [-0.3, -0.25) is 0 Å². The standard InChI is InChI=1S/C12H18N2O2S/c13-9-12(7-4-8-12)10-14-17(15,16)11-5-2-1-3-6-11/h1-3,5-6,14H,4,7-10,13H2. The molecule has 0 heterocycles. The van der Waals surface area contributed by atoms with Gasteiger partial charge in [-0.05, 0) is 36.9 Å². The lowest BCUT2D eigenvalue weighted by Crippen LogP contribution is -2.46. The van der Waals surface area contributed by atoms with E-state index in [0.29, 0.717) is 18.0 Å². The van der Waals surface area contributed by atoms with Crippen LogP contribution in [0.1, 0.15) is 19.3 Å². The Hall–Kier alpha value is -0.910. The second-order valence-electron chi connectivity index (χ2n) is 4.70. The van der Waals surface area contributed by atoms with Crippen LogP contribution in [0.5, 0.6) is 0 Å². The van der Waals surface area contributed by atoms with Gasteiger partial charge in [-0.1, -0.05) is 24.6 Å². The van der Waals surface area contributed by atoms with Crippen molar-refractivity contribution >= 4 is 10.0 Å². The minimum atomic E-state index is -3.39. The zero-order valence-corrected chi connectivity index (χ0v) is 10.5. The van der Waals surface area contributed by atoms with Crippen molar-refractivity contribution in [2.45, 2.75) is 24.2 Å². The van der Waals surface area contributed by atoms with Gasteiger partial charge in [0.05, 0.1) is 4.90 Å². The van der Waals surface area contributed by atoms with Crippen LogP contribution in [0.4, 0.5) is 0 Å². The van der Waals surface area contributed by atoms with E-state index in [1.54, 1.807) is 30.3 Å². The lowest BCUT2D eigenvalue weighted by molar-refractivity contribution is 0.150. The van der Waals surface area contributed by atoms with Crippen LogP contribution in [-0.4, -0.2) is 21.5 Å². The Bertz CT molecular complexity index is 461. The number of benzene rings is 1. The molecule has 1 aliphatic carbocycles. The molecule has 4 nitrogen and oxygen atoms in total. The third-order valence-electron chi connectivity index (χ3n) is 3.54. The number of rotatable bonds is 5. The van der Waals surface area contributed by atoms with Crippen molar-refractivity contribution in [3.63, 3.8) is 0 Å². The van der Waals surface area contributed by atoms with Crippen LogP contribution in [0.3, 0.4) is 0 Å². The lowest BCUT2D eigenvalue weighted by Gasteiger charge is -2.40. The van der Waals surface area contributed by atoms with E-state index in [-0.39, 0.29) is 5.41 Å². The fourth-order valence-corrected chi connectivity index (χ4v) is 3.24. The van der Waals surface area contributed by atoms with Gasteiger partial charge in [-0.15, -0.1) is 0 Å². The highest BCUT2D eigenvalue weighted by Gasteiger charge is 2.36. The summed E-state index contributed by atoms with van der Waals surface area (Å²) in [5.41, 5.74) is 5.69. The minimum Gasteiger partial charge on any atom is -0.330 e. The second kappa shape index (κ2) is 4.76. The Morgan fingerprint density at radius 2 is 1.88 bits per heavy atom. The van der Waals surface area contributed by atoms with E-state index in [9.17, 15) is 8.42 Å². The molecule has 17 heavy (non-hydrogen) atoms. The first-order chi connectivity index (χ1) is 8.08. The summed E-state index contributed by atoms with van der Waals surface area (Å²) in [5.74, 6) is 0. The molecule has 0 radical (unpaired) electrons. The summed E-state index contributed by atoms with van der Waals surface area (Å²) in [6, 6.07) is 8.43. The number of nitrogens with two attached hydrogens (primary N) is 1. The maximum absolute atomic E-state index is 12.0. The van der Waals surface area contributed by atoms with Crippen LogP contribution in [0.25, 0.3) is 0 Å². The molecule has 3 N–H and O–H groups in total. The first kappa shape index (κ1) is 12.5. The molecule has 2 rings (SSSR count). The van der Waals surface area contributed by atoms with Crippen LogP contribution >= 0.6 is 0 Å². The smallest absolute Gasteiger partial charge is 0.240 e. The van der Waals surface area contributed by atoms with E-state index < -0.39 is 10.0 Å². The number of hydrogen-bond acceptors (Lipinski definition) is 3. The maximum atomic E-state index is 12.0. The molecular formula is C12H18N2O2S. The van der Waals surface area contributed by atoms with Gasteiger partial charge in [0.2, 0.25) is 10.0 Å². The molecule has 1 aromatic carbocycles. The van der Waals surface area contributed by atoms with Crippen molar-refractivity contribution in [3.8, 4) is 0 Å². The first-order valence-electron chi connectivity index (χ1n) is 5.83. The molecule has 0 spiro atoms. The average Bonchev–Trinajstić information content (AvgIpc) is 2.29. The van der Waals surface area contributed by atoms with E-state index in [2.05, 4.69) is 4.72 Å². The molecule has 0 unspecified atom stereocenters. The second-order valence-corrected chi connectivity index (χ2v) is 6.46. The van der Waals surface area contributed by atoms with Crippen LogP contribution < -0.4 is 10.5 Å². The molecule has 0 bridgehead atoms. The van der Waals surface area contributed by atoms with Crippen LogP contribution in [-0.2, 0) is 10.0 Å². The number of sulfonamides is 1. The summed E-state index contributed by atoms with van der Waals surface area (Å²) < 4.78 is 26.6. The zero-order chi connectivity index (χ0) is 12.4. The molecule has 94 valence electrons. The van der Waals surface area contributed by atoms with Crippen LogP contribution in [0.2, 0.25) is 0 Å². The highest BCUT2D eigenvalue weighted by Crippen LogP contribution is 2.39. The Labute approximate surface area is 102 Å². The molecule has 1 aliphatic rings. The van der Waals surface area contributed by atoms with Gasteiger partial charge >= 0.3 is 0 Å². The Morgan fingerprint density at radius 3 is 2.35 bits per heavy atom. The van der Waals surface area contributed by atoms with E-state index in [0.717, 1.165) is 19.3 Å². The molecule has 0 aromatic heterocycles. The van der Waals surface area contributed by atoms with Gasteiger partial charge in [0, 0.05) is 6.54 Å². The fourth-order valence-electron chi connectivity index (χ4n) is 2.06. The molecule has 0 amide bonds. The van der Waals surface area contributed by atoms with Gasteiger partial charge in [-0.2, -0.15) is 0 Å². The summed E-state index contributed by atoms with van der Waals surface area (Å²) in [6.07, 6.45) is 3.17. The highest BCUT2D eigenvalue weighted by molar-refractivity contribution is 7.89. The quantitative estimate of drug-likeness (QED) is 0.826. The minimum absolute atomic E-state index is 0.0121. The molecule has 1 fully saturated rings. The van der Waals surface area contributed by atoms with Gasteiger partial charge < -0.3 is 5.73 Å². The molecule has 0 aliphatic heterocycles. The van der Waals surface area contributed by atoms with E-state index in [1.807, 2.05) is 0 Å². The van der Waals surface area contributed by atoms with Crippen LogP contribution in [0.15, 0.2) is 35.2 Å². The Kier molecular flexibility index (Phi) is 3.51. The van der Waals surface area contributed by atoms with Gasteiger partial charge in [-0.25, -0.2) is 13.1 Å². The summed E-state index contributed by atoms with van der Waals surface area (Å²) in [4.78, 5) is 0.312. The summed E-state index contributed by atoms with van der Waals surface area (Å²) in [6.45, 7) is 0.991. The monoisotopic (exact) mass is 254 g/mol. The third kappa shape index (κ3) is 2.68. The van der Waals surface area contributed by atoms with Crippen molar-refractivity contribution in [2.75, 3.05) is 13.1 Å². The van der Waals surface area contributed by atoms with Gasteiger partial charge in [0.1, 0.15) is 0 Å². The predicted octanol–water partition coefficient (Wildman–Crippen LogP) is 1.09. The van der Waals surface area contributed by atoms with E-state index >= 15 is 0 Å². The fraction of sp³-hybridized carbons (Fsp3) is 0.500. The zero-order valence-electron chi connectivity index (χ0n) is 9.72. The largest absolute Gasteiger partial charge is 0.330 e. The van der Waals surface area contributed by atoms with Gasteiger partial charge in [0.25, 0.3) is 0 Å². The normalized spacial score (nSPS) is 18.6. The number of hydrogen-bond donors (Lipinski definition) is 2. The molecular weight excluding hydrogens is 236 g/mol. The molecule has 0 saturated heterocycles. The van der Waals surface area contributed by atoms with E-state index in [1.165, 1.54) is 0 Å². The maximum Gasteiger partial charge on any atom is 0.240 e. The topological polar surface area (TPSA) is 72.2 Å². The SMILES string of the molecule is NCC1(CNS(=O)(=O)c2ccccc2)CCC1. The molecule has 1 aromatic rings. The van der Waals surface area contributed by atoms with Crippen LogP contribution in [0, 0.1) is 5.41 Å².